The maximum absolute atomic E-state index is 5.87. The fourth-order valence-electron chi connectivity index (χ4n) is 2.32. The van der Waals surface area contributed by atoms with Gasteiger partial charge in [0.1, 0.15) is 0 Å². The number of rotatable bonds is 4. The Morgan fingerprint density at radius 2 is 2.12 bits per heavy atom. The van der Waals surface area contributed by atoms with Crippen molar-refractivity contribution >= 4 is 17.3 Å². The molecule has 1 fully saturated rings. The first-order valence-electron chi connectivity index (χ1n) is 6.41. The van der Waals surface area contributed by atoms with Crippen molar-refractivity contribution in [2.75, 3.05) is 11.9 Å². The van der Waals surface area contributed by atoms with E-state index < -0.39 is 0 Å². The van der Waals surface area contributed by atoms with Crippen LogP contribution in [0.3, 0.4) is 0 Å². The van der Waals surface area contributed by atoms with Crippen LogP contribution in [-0.2, 0) is 4.74 Å². The molecule has 3 heteroatoms. The van der Waals surface area contributed by atoms with Gasteiger partial charge in [-0.25, -0.2) is 0 Å². The van der Waals surface area contributed by atoms with Crippen molar-refractivity contribution in [3.05, 3.63) is 29.3 Å². The molecule has 0 radical (unpaired) electrons. The van der Waals surface area contributed by atoms with Crippen molar-refractivity contribution in [2.45, 2.75) is 44.8 Å². The van der Waals surface area contributed by atoms with E-state index in [1.165, 1.54) is 12.8 Å². The van der Waals surface area contributed by atoms with Crippen molar-refractivity contribution < 1.29 is 4.74 Å². The van der Waals surface area contributed by atoms with Gasteiger partial charge in [0, 0.05) is 23.4 Å². The normalized spacial score (nSPS) is 24.6. The molecule has 1 aliphatic heterocycles. The van der Waals surface area contributed by atoms with Crippen LogP contribution < -0.4 is 5.32 Å². The van der Waals surface area contributed by atoms with E-state index in [0.29, 0.717) is 12.1 Å². The minimum Gasteiger partial charge on any atom is -0.382 e. The van der Waals surface area contributed by atoms with Crippen molar-refractivity contribution in [3.8, 4) is 0 Å². The fourth-order valence-corrected chi connectivity index (χ4v) is 2.44. The molecule has 2 rings (SSSR count). The molecule has 17 heavy (non-hydrogen) atoms. The monoisotopic (exact) mass is 253 g/mol. The SMILES string of the molecule is CCCC1CC(Nc2ccc(Cl)cc2)CCO1. The third kappa shape index (κ3) is 3.90. The fraction of sp³-hybridized carbons (Fsp3) is 0.571. The van der Waals surface area contributed by atoms with Gasteiger partial charge in [0.05, 0.1) is 6.10 Å². The Bertz CT molecular complexity index is 337. The second-order valence-corrected chi connectivity index (χ2v) is 5.09. The molecule has 1 N–H and O–H groups in total. The summed E-state index contributed by atoms with van der Waals surface area (Å²) < 4.78 is 5.74. The molecule has 1 heterocycles. The van der Waals surface area contributed by atoms with Gasteiger partial charge >= 0.3 is 0 Å². The first kappa shape index (κ1) is 12.7. The summed E-state index contributed by atoms with van der Waals surface area (Å²) in [6.07, 6.45) is 4.98. The van der Waals surface area contributed by atoms with E-state index in [1.54, 1.807) is 0 Å². The highest BCUT2D eigenvalue weighted by Crippen LogP contribution is 2.22. The number of ether oxygens (including phenoxy) is 1. The summed E-state index contributed by atoms with van der Waals surface area (Å²) in [5, 5.41) is 4.34. The van der Waals surface area contributed by atoms with Crippen molar-refractivity contribution in [2.24, 2.45) is 0 Å². The molecule has 1 saturated heterocycles. The average molecular weight is 254 g/mol. The number of hydrogen-bond acceptors (Lipinski definition) is 2. The molecule has 1 aromatic carbocycles. The van der Waals surface area contributed by atoms with E-state index in [0.717, 1.165) is 30.2 Å². The van der Waals surface area contributed by atoms with E-state index in [2.05, 4.69) is 12.2 Å². The quantitative estimate of drug-likeness (QED) is 0.872. The van der Waals surface area contributed by atoms with Gasteiger partial charge in [0.25, 0.3) is 0 Å². The first-order valence-corrected chi connectivity index (χ1v) is 6.79. The van der Waals surface area contributed by atoms with Crippen LogP contribution in [0.25, 0.3) is 0 Å². The summed E-state index contributed by atoms with van der Waals surface area (Å²) in [4.78, 5) is 0. The Morgan fingerprint density at radius 3 is 2.82 bits per heavy atom. The molecular formula is C14H20ClNO. The predicted octanol–water partition coefficient (Wildman–Crippen LogP) is 4.10. The molecule has 2 nitrogen and oxygen atoms in total. The minimum atomic E-state index is 0.429. The zero-order valence-electron chi connectivity index (χ0n) is 10.3. The van der Waals surface area contributed by atoms with Gasteiger partial charge in [-0.15, -0.1) is 0 Å². The number of halogens is 1. The summed E-state index contributed by atoms with van der Waals surface area (Å²) in [6, 6.07) is 8.44. The Morgan fingerprint density at radius 1 is 1.35 bits per heavy atom. The summed E-state index contributed by atoms with van der Waals surface area (Å²) >= 11 is 5.87. The third-order valence-electron chi connectivity index (χ3n) is 3.19. The Hall–Kier alpha value is -0.730. The van der Waals surface area contributed by atoms with Gasteiger partial charge in [-0.05, 0) is 43.5 Å². The van der Waals surface area contributed by atoms with Gasteiger partial charge in [-0.2, -0.15) is 0 Å². The lowest BCUT2D eigenvalue weighted by molar-refractivity contribution is 0.00598. The van der Waals surface area contributed by atoms with Crippen LogP contribution >= 0.6 is 11.6 Å². The zero-order chi connectivity index (χ0) is 12.1. The van der Waals surface area contributed by atoms with Gasteiger partial charge < -0.3 is 10.1 Å². The molecule has 0 bridgehead atoms. The highest BCUT2D eigenvalue weighted by Gasteiger charge is 2.21. The highest BCUT2D eigenvalue weighted by atomic mass is 35.5. The average Bonchev–Trinajstić information content (AvgIpc) is 2.33. The molecule has 94 valence electrons. The zero-order valence-corrected chi connectivity index (χ0v) is 11.0. The van der Waals surface area contributed by atoms with E-state index in [-0.39, 0.29) is 0 Å². The van der Waals surface area contributed by atoms with Crippen LogP contribution in [0, 0.1) is 0 Å². The lowest BCUT2D eigenvalue weighted by Crippen LogP contribution is -2.33. The van der Waals surface area contributed by atoms with Crippen molar-refractivity contribution in [1.82, 2.24) is 0 Å². The van der Waals surface area contributed by atoms with E-state index in [1.807, 2.05) is 24.3 Å². The molecule has 1 aliphatic rings. The summed E-state index contributed by atoms with van der Waals surface area (Å²) in [7, 11) is 0. The molecule has 0 amide bonds. The molecule has 2 unspecified atom stereocenters. The molecule has 2 atom stereocenters. The molecule has 0 aromatic heterocycles. The molecule has 0 aliphatic carbocycles. The van der Waals surface area contributed by atoms with Crippen LogP contribution in [0.4, 0.5) is 5.69 Å². The maximum atomic E-state index is 5.87. The molecule has 0 saturated carbocycles. The second-order valence-electron chi connectivity index (χ2n) is 4.65. The third-order valence-corrected chi connectivity index (χ3v) is 3.44. The summed E-state index contributed by atoms with van der Waals surface area (Å²) in [6.45, 7) is 3.08. The van der Waals surface area contributed by atoms with Crippen molar-refractivity contribution in [1.29, 1.82) is 0 Å². The lowest BCUT2D eigenvalue weighted by atomic mass is 10.00. The van der Waals surface area contributed by atoms with Crippen molar-refractivity contribution in [3.63, 3.8) is 0 Å². The van der Waals surface area contributed by atoms with E-state index >= 15 is 0 Å². The highest BCUT2D eigenvalue weighted by molar-refractivity contribution is 6.30. The van der Waals surface area contributed by atoms with E-state index in [4.69, 9.17) is 16.3 Å². The van der Waals surface area contributed by atoms with Crippen LogP contribution in [0.2, 0.25) is 5.02 Å². The molecular weight excluding hydrogens is 234 g/mol. The maximum Gasteiger partial charge on any atom is 0.0594 e. The van der Waals surface area contributed by atoms with Crippen LogP contribution in [0.15, 0.2) is 24.3 Å². The van der Waals surface area contributed by atoms with Crippen LogP contribution in [0.1, 0.15) is 32.6 Å². The van der Waals surface area contributed by atoms with Gasteiger partial charge in [0.15, 0.2) is 0 Å². The van der Waals surface area contributed by atoms with E-state index in [9.17, 15) is 0 Å². The summed E-state index contributed by atoms with van der Waals surface area (Å²) in [5.41, 5.74) is 1.15. The van der Waals surface area contributed by atoms with Gasteiger partial charge in [-0.1, -0.05) is 24.9 Å². The smallest absolute Gasteiger partial charge is 0.0594 e. The standard InChI is InChI=1S/C14H20ClNO/c1-2-3-14-10-13(8-9-17-14)16-12-6-4-11(15)5-7-12/h4-7,13-14,16H,2-3,8-10H2,1H3. The topological polar surface area (TPSA) is 21.3 Å². The number of nitrogens with one attached hydrogen (secondary N) is 1. The van der Waals surface area contributed by atoms with Gasteiger partial charge in [0.2, 0.25) is 0 Å². The number of benzene rings is 1. The Labute approximate surface area is 108 Å². The Kier molecular flexibility index (Phi) is 4.69. The minimum absolute atomic E-state index is 0.429. The lowest BCUT2D eigenvalue weighted by Gasteiger charge is -2.30. The first-order chi connectivity index (χ1) is 8.28. The molecule has 1 aromatic rings. The Balaban J connectivity index is 1.87. The second kappa shape index (κ2) is 6.27. The molecule has 0 spiro atoms. The van der Waals surface area contributed by atoms with Crippen LogP contribution in [-0.4, -0.2) is 18.8 Å². The number of hydrogen-bond donors (Lipinski definition) is 1. The predicted molar refractivity (Wildman–Crippen MR) is 72.7 cm³/mol. The van der Waals surface area contributed by atoms with Crippen LogP contribution in [0.5, 0.6) is 0 Å². The number of anilines is 1. The summed E-state index contributed by atoms with van der Waals surface area (Å²) in [5.74, 6) is 0. The van der Waals surface area contributed by atoms with Gasteiger partial charge in [-0.3, -0.25) is 0 Å². The largest absolute Gasteiger partial charge is 0.382 e.